The Balaban J connectivity index is 0. The highest BCUT2D eigenvalue weighted by molar-refractivity contribution is 5.04. The van der Waals surface area contributed by atoms with Gasteiger partial charge >= 0.3 is 0 Å². The Morgan fingerprint density at radius 1 is 1.50 bits per heavy atom. The van der Waals surface area contributed by atoms with Crippen LogP contribution in [0.25, 0.3) is 0 Å². The first-order chi connectivity index (χ1) is 6.75. The molecule has 0 aromatic carbocycles. The summed E-state index contributed by atoms with van der Waals surface area (Å²) in [6.07, 6.45) is 3.09. The van der Waals surface area contributed by atoms with Gasteiger partial charge in [-0.15, -0.1) is 0 Å². The Hall–Kier alpha value is -0.830. The molecule has 3 heteroatoms. The van der Waals surface area contributed by atoms with E-state index < -0.39 is 0 Å². The molecule has 0 amide bonds. The predicted octanol–water partition coefficient (Wildman–Crippen LogP) is 2.91. The molecule has 2 rings (SSSR count). The van der Waals surface area contributed by atoms with Crippen LogP contribution in [-0.4, -0.2) is 16.5 Å². The molecule has 0 unspecified atom stereocenters. The van der Waals surface area contributed by atoms with E-state index in [1.54, 1.807) is 0 Å². The Labute approximate surface area is 89.3 Å². The molecule has 0 saturated carbocycles. The van der Waals surface area contributed by atoms with Gasteiger partial charge in [0.25, 0.3) is 0 Å². The van der Waals surface area contributed by atoms with Crippen LogP contribution < -0.4 is 5.32 Å². The molecule has 2 heterocycles. The summed E-state index contributed by atoms with van der Waals surface area (Å²) < 4.78 is 0. The van der Waals surface area contributed by atoms with Gasteiger partial charge in [-0.25, -0.2) is 4.98 Å². The second kappa shape index (κ2) is 5.15. The minimum atomic E-state index is 0. The minimum Gasteiger partial charge on any atom is -0.345 e. The SMILES string of the molecule is CC.Cc1cnc([C@@H]2C[C@@H](C)CN2)[nH]1.[HH].[HH]. The number of hydrogen-bond donors (Lipinski definition) is 2. The maximum atomic E-state index is 4.31. The molecule has 0 spiro atoms. The van der Waals surface area contributed by atoms with Crippen LogP contribution >= 0.6 is 0 Å². The molecule has 14 heavy (non-hydrogen) atoms. The van der Waals surface area contributed by atoms with Crippen molar-refractivity contribution in [1.29, 1.82) is 0 Å². The first-order valence-corrected chi connectivity index (χ1v) is 5.50. The zero-order valence-electron chi connectivity index (χ0n) is 9.59. The van der Waals surface area contributed by atoms with Crippen LogP contribution in [0.15, 0.2) is 6.20 Å². The van der Waals surface area contributed by atoms with E-state index in [1.165, 1.54) is 6.42 Å². The van der Waals surface area contributed by atoms with Crippen molar-refractivity contribution in [3.8, 4) is 0 Å². The van der Waals surface area contributed by atoms with Gasteiger partial charge in [0, 0.05) is 14.7 Å². The summed E-state index contributed by atoms with van der Waals surface area (Å²) in [6, 6.07) is 0.452. The molecule has 1 saturated heterocycles. The first-order valence-electron chi connectivity index (χ1n) is 5.50. The van der Waals surface area contributed by atoms with E-state index in [4.69, 9.17) is 0 Å². The largest absolute Gasteiger partial charge is 0.345 e. The number of imidazole rings is 1. The zero-order valence-corrected chi connectivity index (χ0v) is 9.59. The van der Waals surface area contributed by atoms with Crippen molar-refractivity contribution in [3.63, 3.8) is 0 Å². The van der Waals surface area contributed by atoms with Gasteiger partial charge in [0.2, 0.25) is 0 Å². The average Bonchev–Trinajstić information content (AvgIpc) is 2.78. The fourth-order valence-corrected chi connectivity index (χ4v) is 1.73. The van der Waals surface area contributed by atoms with E-state index >= 15 is 0 Å². The van der Waals surface area contributed by atoms with Crippen LogP contribution in [0.1, 0.15) is 47.6 Å². The third kappa shape index (κ3) is 2.58. The van der Waals surface area contributed by atoms with Crippen LogP contribution in [0.4, 0.5) is 0 Å². The van der Waals surface area contributed by atoms with Crippen molar-refractivity contribution in [1.82, 2.24) is 15.3 Å². The lowest BCUT2D eigenvalue weighted by Gasteiger charge is -2.05. The topological polar surface area (TPSA) is 40.7 Å². The van der Waals surface area contributed by atoms with Gasteiger partial charge in [0.05, 0.1) is 6.04 Å². The number of hydrogen-bond acceptors (Lipinski definition) is 2. The molecule has 84 valence electrons. The van der Waals surface area contributed by atoms with E-state index in [2.05, 4.69) is 22.2 Å². The van der Waals surface area contributed by atoms with E-state index in [9.17, 15) is 0 Å². The lowest BCUT2D eigenvalue weighted by atomic mass is 10.1. The quantitative estimate of drug-likeness (QED) is 0.730. The number of rotatable bonds is 1. The maximum Gasteiger partial charge on any atom is 0.123 e. The van der Waals surface area contributed by atoms with Crippen molar-refractivity contribution >= 4 is 0 Å². The van der Waals surface area contributed by atoms with Crippen molar-refractivity contribution in [2.24, 2.45) is 5.92 Å². The van der Waals surface area contributed by atoms with E-state index in [-0.39, 0.29) is 2.85 Å². The van der Waals surface area contributed by atoms with Crippen molar-refractivity contribution in [3.05, 3.63) is 17.7 Å². The minimum absolute atomic E-state index is 0. The number of nitrogens with one attached hydrogen (secondary N) is 2. The van der Waals surface area contributed by atoms with Crippen LogP contribution in [-0.2, 0) is 0 Å². The molecule has 3 nitrogen and oxygen atoms in total. The van der Waals surface area contributed by atoms with Gasteiger partial charge in [-0.1, -0.05) is 20.8 Å². The molecule has 1 fully saturated rings. The standard InChI is InChI=1S/C9H15N3.C2H6.2H2/c1-6-3-8(10-4-6)9-11-5-7(2)12-9;1-2;;/h5-6,8,10H,3-4H2,1-2H3,(H,11,12);1-2H3;2*1H/t6-,8+;;;/m1.../s1. The Morgan fingerprint density at radius 2 is 2.21 bits per heavy atom. The molecule has 1 aromatic rings. The van der Waals surface area contributed by atoms with Gasteiger partial charge in [0.15, 0.2) is 0 Å². The van der Waals surface area contributed by atoms with Gasteiger partial charge in [-0.05, 0) is 25.8 Å². The van der Waals surface area contributed by atoms with Crippen molar-refractivity contribution < 1.29 is 2.85 Å². The van der Waals surface area contributed by atoms with Crippen LogP contribution in [0.3, 0.4) is 0 Å². The second-order valence-corrected chi connectivity index (χ2v) is 3.75. The van der Waals surface area contributed by atoms with E-state index in [0.29, 0.717) is 6.04 Å². The van der Waals surface area contributed by atoms with Gasteiger partial charge in [-0.2, -0.15) is 0 Å². The third-order valence-corrected chi connectivity index (χ3v) is 2.40. The summed E-state index contributed by atoms with van der Waals surface area (Å²) in [5.41, 5.74) is 1.14. The van der Waals surface area contributed by atoms with E-state index in [0.717, 1.165) is 24.0 Å². The summed E-state index contributed by atoms with van der Waals surface area (Å²) in [7, 11) is 0. The molecular weight excluding hydrogens is 174 g/mol. The summed E-state index contributed by atoms with van der Waals surface area (Å²) in [5, 5.41) is 3.44. The number of nitrogens with zero attached hydrogens (tertiary/aromatic N) is 1. The normalized spacial score (nSPS) is 25.7. The Bertz CT molecular complexity index is 276. The Kier molecular flexibility index (Phi) is 4.14. The Morgan fingerprint density at radius 3 is 2.64 bits per heavy atom. The average molecular weight is 199 g/mol. The summed E-state index contributed by atoms with van der Waals surface area (Å²) in [4.78, 5) is 7.58. The van der Waals surface area contributed by atoms with E-state index in [1.807, 2.05) is 27.0 Å². The lowest BCUT2D eigenvalue weighted by molar-refractivity contribution is 0.587. The van der Waals surface area contributed by atoms with Gasteiger partial charge in [-0.3, -0.25) is 0 Å². The van der Waals surface area contributed by atoms with Crippen LogP contribution in [0.5, 0.6) is 0 Å². The highest BCUT2D eigenvalue weighted by Crippen LogP contribution is 2.24. The third-order valence-electron chi connectivity index (χ3n) is 2.40. The monoisotopic (exact) mass is 199 g/mol. The lowest BCUT2D eigenvalue weighted by Crippen LogP contribution is -2.14. The molecule has 0 bridgehead atoms. The molecule has 0 radical (unpaired) electrons. The fraction of sp³-hybridized carbons (Fsp3) is 0.727. The van der Waals surface area contributed by atoms with Crippen LogP contribution in [0.2, 0.25) is 0 Å². The van der Waals surface area contributed by atoms with Gasteiger partial charge < -0.3 is 10.3 Å². The van der Waals surface area contributed by atoms with Gasteiger partial charge in [0.1, 0.15) is 5.82 Å². The van der Waals surface area contributed by atoms with Crippen LogP contribution in [0, 0.1) is 12.8 Å². The first kappa shape index (κ1) is 11.2. The zero-order chi connectivity index (χ0) is 10.6. The van der Waals surface area contributed by atoms with Crippen molar-refractivity contribution in [2.75, 3.05) is 6.54 Å². The number of aromatic amines is 1. The molecule has 0 aliphatic carbocycles. The number of H-pyrrole nitrogens is 1. The number of aromatic nitrogens is 2. The smallest absolute Gasteiger partial charge is 0.123 e. The highest BCUT2D eigenvalue weighted by Gasteiger charge is 2.23. The molecule has 2 N–H and O–H groups in total. The second-order valence-electron chi connectivity index (χ2n) is 3.75. The summed E-state index contributed by atoms with van der Waals surface area (Å²) in [6.45, 7) is 9.42. The molecule has 1 aliphatic heterocycles. The summed E-state index contributed by atoms with van der Waals surface area (Å²) >= 11 is 0. The highest BCUT2D eigenvalue weighted by atomic mass is 15.0. The van der Waals surface area contributed by atoms with Crippen molar-refractivity contribution in [2.45, 2.75) is 40.2 Å². The number of aryl methyl sites for hydroxylation is 1. The molecule has 2 atom stereocenters. The fourth-order valence-electron chi connectivity index (χ4n) is 1.73. The molecular formula is C11H25N3. The predicted molar refractivity (Wildman–Crippen MR) is 63.4 cm³/mol. The molecule has 1 aromatic heterocycles. The summed E-state index contributed by atoms with van der Waals surface area (Å²) in [5.74, 6) is 1.87. The maximum absolute atomic E-state index is 4.31. The molecule has 1 aliphatic rings.